The molecule has 1 aliphatic heterocycles. The van der Waals surface area contributed by atoms with Crippen LogP contribution in [0.1, 0.15) is 37.8 Å². The van der Waals surface area contributed by atoms with Crippen molar-refractivity contribution in [2.75, 3.05) is 12.0 Å². The number of rotatable bonds is 3. The van der Waals surface area contributed by atoms with Crippen molar-refractivity contribution in [2.45, 2.75) is 38.6 Å². The first-order chi connectivity index (χ1) is 8.79. The Balaban J connectivity index is 1.98. The molecule has 98 valence electrons. The van der Waals surface area contributed by atoms with Gasteiger partial charge in [0, 0.05) is 13.0 Å². The van der Waals surface area contributed by atoms with Crippen LogP contribution in [0, 0.1) is 0 Å². The number of hydrogen-bond donors (Lipinski definition) is 2. The Morgan fingerprint density at radius 3 is 2.78 bits per heavy atom. The van der Waals surface area contributed by atoms with Gasteiger partial charge in [-0.2, -0.15) is 0 Å². The first-order valence-electron chi connectivity index (χ1n) is 6.35. The van der Waals surface area contributed by atoms with E-state index in [1.807, 2.05) is 4.90 Å². The van der Waals surface area contributed by atoms with Crippen LogP contribution in [0.2, 0.25) is 0 Å². The summed E-state index contributed by atoms with van der Waals surface area (Å²) in [4.78, 5) is 22.1. The summed E-state index contributed by atoms with van der Waals surface area (Å²) in [5.74, 6) is 5.97. The SMILES string of the molecule is NNc1cnc(CN2CCCCCCC2=O)cn1. The maximum atomic E-state index is 11.9. The molecule has 2 heterocycles. The zero-order valence-corrected chi connectivity index (χ0v) is 10.4. The van der Waals surface area contributed by atoms with E-state index in [1.165, 1.54) is 6.42 Å². The van der Waals surface area contributed by atoms with E-state index in [0.29, 0.717) is 18.8 Å². The van der Waals surface area contributed by atoms with Crippen LogP contribution >= 0.6 is 0 Å². The second-order valence-electron chi connectivity index (χ2n) is 4.52. The summed E-state index contributed by atoms with van der Waals surface area (Å²) in [6.07, 6.45) is 8.31. The average molecular weight is 249 g/mol. The summed E-state index contributed by atoms with van der Waals surface area (Å²) in [7, 11) is 0. The van der Waals surface area contributed by atoms with Crippen molar-refractivity contribution in [3.05, 3.63) is 18.1 Å². The quantitative estimate of drug-likeness (QED) is 0.618. The van der Waals surface area contributed by atoms with Crippen molar-refractivity contribution < 1.29 is 4.79 Å². The third-order valence-electron chi connectivity index (χ3n) is 3.13. The molecule has 0 bridgehead atoms. The Morgan fingerprint density at radius 1 is 1.22 bits per heavy atom. The highest BCUT2D eigenvalue weighted by Gasteiger charge is 2.16. The van der Waals surface area contributed by atoms with Crippen molar-refractivity contribution in [1.82, 2.24) is 14.9 Å². The Kier molecular flexibility index (Phi) is 4.46. The number of nitrogens with zero attached hydrogens (tertiary/aromatic N) is 3. The van der Waals surface area contributed by atoms with Crippen LogP contribution < -0.4 is 11.3 Å². The normalized spacial score (nSPS) is 17.2. The van der Waals surface area contributed by atoms with Gasteiger partial charge in [-0.3, -0.25) is 9.78 Å². The molecule has 0 spiro atoms. The van der Waals surface area contributed by atoms with Crippen LogP contribution in [0.3, 0.4) is 0 Å². The lowest BCUT2D eigenvalue weighted by Gasteiger charge is -2.24. The molecule has 2 rings (SSSR count). The molecule has 18 heavy (non-hydrogen) atoms. The summed E-state index contributed by atoms with van der Waals surface area (Å²) in [5, 5.41) is 0. The second-order valence-corrected chi connectivity index (χ2v) is 4.52. The van der Waals surface area contributed by atoms with E-state index in [-0.39, 0.29) is 5.91 Å². The molecule has 0 radical (unpaired) electrons. The molecule has 0 aromatic carbocycles. The van der Waals surface area contributed by atoms with Crippen LogP contribution in [-0.4, -0.2) is 27.3 Å². The number of likely N-dealkylation sites (tertiary alicyclic amines) is 1. The number of hydrogen-bond acceptors (Lipinski definition) is 5. The van der Waals surface area contributed by atoms with E-state index in [1.54, 1.807) is 12.4 Å². The summed E-state index contributed by atoms with van der Waals surface area (Å²) in [6, 6.07) is 0. The maximum absolute atomic E-state index is 11.9. The molecule has 3 N–H and O–H groups in total. The summed E-state index contributed by atoms with van der Waals surface area (Å²) >= 11 is 0. The van der Waals surface area contributed by atoms with E-state index in [4.69, 9.17) is 5.84 Å². The summed E-state index contributed by atoms with van der Waals surface area (Å²) in [6.45, 7) is 1.36. The molecule has 1 amide bonds. The maximum Gasteiger partial charge on any atom is 0.222 e. The largest absolute Gasteiger partial charge is 0.337 e. The number of hydrazine groups is 1. The third-order valence-corrected chi connectivity index (χ3v) is 3.13. The molecule has 0 aliphatic carbocycles. The number of nitrogens with one attached hydrogen (secondary N) is 1. The van der Waals surface area contributed by atoms with Crippen molar-refractivity contribution in [3.63, 3.8) is 0 Å². The summed E-state index contributed by atoms with van der Waals surface area (Å²) in [5.41, 5.74) is 3.23. The minimum atomic E-state index is 0.220. The zero-order chi connectivity index (χ0) is 12.8. The number of aromatic nitrogens is 2. The second kappa shape index (κ2) is 6.30. The average Bonchev–Trinajstić information content (AvgIpc) is 2.39. The molecule has 0 atom stereocenters. The fraction of sp³-hybridized carbons (Fsp3) is 0.583. The van der Waals surface area contributed by atoms with E-state index in [0.717, 1.165) is 31.5 Å². The lowest BCUT2D eigenvalue weighted by molar-refractivity contribution is -0.132. The monoisotopic (exact) mass is 249 g/mol. The molecule has 1 aliphatic rings. The van der Waals surface area contributed by atoms with E-state index in [2.05, 4.69) is 15.4 Å². The zero-order valence-electron chi connectivity index (χ0n) is 10.4. The minimum absolute atomic E-state index is 0.220. The first-order valence-corrected chi connectivity index (χ1v) is 6.35. The van der Waals surface area contributed by atoms with Crippen molar-refractivity contribution >= 4 is 11.7 Å². The van der Waals surface area contributed by atoms with Gasteiger partial charge in [0.15, 0.2) is 5.82 Å². The number of carbonyl (C=O) groups is 1. The fourth-order valence-electron chi connectivity index (χ4n) is 2.09. The minimum Gasteiger partial charge on any atom is -0.337 e. The lowest BCUT2D eigenvalue weighted by atomic mass is 10.1. The van der Waals surface area contributed by atoms with Gasteiger partial charge in [0.2, 0.25) is 5.91 Å². The molecule has 1 fully saturated rings. The van der Waals surface area contributed by atoms with Crippen molar-refractivity contribution in [3.8, 4) is 0 Å². The number of carbonyl (C=O) groups excluding carboxylic acids is 1. The van der Waals surface area contributed by atoms with Crippen molar-refractivity contribution in [1.29, 1.82) is 0 Å². The number of amides is 1. The van der Waals surface area contributed by atoms with E-state index >= 15 is 0 Å². The molecule has 6 heteroatoms. The third kappa shape index (κ3) is 3.40. The van der Waals surface area contributed by atoms with Crippen LogP contribution in [0.25, 0.3) is 0 Å². The van der Waals surface area contributed by atoms with Gasteiger partial charge in [0.25, 0.3) is 0 Å². The number of nitrogen functional groups attached to an aromatic ring is 1. The lowest BCUT2D eigenvalue weighted by Crippen LogP contribution is -2.32. The molecule has 0 saturated carbocycles. The standard InChI is InChI=1S/C12H19N5O/c13-16-11-8-14-10(7-15-11)9-17-6-4-2-1-3-5-12(17)18/h7-8H,1-6,9,13H2,(H,15,16). The molecule has 1 aromatic heterocycles. The molecule has 1 saturated heterocycles. The topological polar surface area (TPSA) is 84.1 Å². The molecule has 1 aromatic rings. The van der Waals surface area contributed by atoms with Gasteiger partial charge in [0.05, 0.1) is 24.6 Å². The fourth-order valence-corrected chi connectivity index (χ4v) is 2.09. The van der Waals surface area contributed by atoms with Gasteiger partial charge >= 0.3 is 0 Å². The van der Waals surface area contributed by atoms with Gasteiger partial charge in [-0.1, -0.05) is 12.8 Å². The van der Waals surface area contributed by atoms with Gasteiger partial charge in [0.1, 0.15) is 0 Å². The highest BCUT2D eigenvalue weighted by atomic mass is 16.2. The predicted molar refractivity (Wildman–Crippen MR) is 68.3 cm³/mol. The van der Waals surface area contributed by atoms with E-state index < -0.39 is 0 Å². The summed E-state index contributed by atoms with van der Waals surface area (Å²) < 4.78 is 0. The Labute approximate surface area is 107 Å². The first kappa shape index (κ1) is 12.8. The molecular formula is C12H19N5O. The van der Waals surface area contributed by atoms with Gasteiger partial charge in [-0.25, -0.2) is 10.8 Å². The van der Waals surface area contributed by atoms with Crippen LogP contribution in [0.15, 0.2) is 12.4 Å². The van der Waals surface area contributed by atoms with Gasteiger partial charge in [-0.15, -0.1) is 0 Å². The smallest absolute Gasteiger partial charge is 0.222 e. The highest BCUT2D eigenvalue weighted by Crippen LogP contribution is 2.13. The number of nitrogens with two attached hydrogens (primary N) is 1. The Bertz CT molecular complexity index is 392. The molecule has 6 nitrogen and oxygen atoms in total. The Morgan fingerprint density at radius 2 is 2.06 bits per heavy atom. The van der Waals surface area contributed by atoms with Crippen LogP contribution in [0.5, 0.6) is 0 Å². The highest BCUT2D eigenvalue weighted by molar-refractivity contribution is 5.76. The van der Waals surface area contributed by atoms with Crippen molar-refractivity contribution in [2.24, 2.45) is 5.84 Å². The Hall–Kier alpha value is -1.69. The van der Waals surface area contributed by atoms with Gasteiger partial charge < -0.3 is 10.3 Å². The molecular weight excluding hydrogens is 230 g/mol. The van der Waals surface area contributed by atoms with Crippen LogP contribution in [-0.2, 0) is 11.3 Å². The predicted octanol–water partition coefficient (Wildman–Crippen LogP) is 1.05. The van der Waals surface area contributed by atoms with Gasteiger partial charge in [-0.05, 0) is 12.8 Å². The van der Waals surface area contributed by atoms with E-state index in [9.17, 15) is 4.79 Å². The van der Waals surface area contributed by atoms with Crippen LogP contribution in [0.4, 0.5) is 5.82 Å². The molecule has 0 unspecified atom stereocenters. The number of anilines is 1.